The van der Waals surface area contributed by atoms with E-state index in [1.807, 2.05) is 6.92 Å². The average molecular weight is 238 g/mol. The smallest absolute Gasteiger partial charge is 0.300 e. The molecule has 0 aliphatic rings. The maximum Gasteiger partial charge on any atom is 0.328 e. The van der Waals surface area contributed by atoms with E-state index in [0.717, 1.165) is 12.8 Å². The second-order valence-electron chi connectivity index (χ2n) is 4.37. The van der Waals surface area contributed by atoms with Crippen molar-refractivity contribution in [2.45, 2.75) is 58.9 Å². The largest absolute Gasteiger partial charge is 0.328 e. The minimum Gasteiger partial charge on any atom is -0.300 e. The third-order valence-corrected chi connectivity index (χ3v) is 2.97. The zero-order valence-corrected chi connectivity index (χ0v) is 10.8. The highest BCUT2D eigenvalue weighted by molar-refractivity contribution is 5.03. The first-order valence-corrected chi connectivity index (χ1v) is 6.51. The summed E-state index contributed by atoms with van der Waals surface area (Å²) in [6, 6.07) is 0. The van der Waals surface area contributed by atoms with Crippen LogP contribution >= 0.6 is 0 Å². The summed E-state index contributed by atoms with van der Waals surface area (Å²) in [4.78, 5) is 25.3. The van der Waals surface area contributed by atoms with Crippen molar-refractivity contribution < 1.29 is 0 Å². The summed E-state index contributed by atoms with van der Waals surface area (Å²) in [6.07, 6.45) is 8.18. The molecule has 0 aliphatic carbocycles. The topological polar surface area (TPSA) is 54.9 Å². The average Bonchev–Trinajstić information content (AvgIpc) is 2.31. The van der Waals surface area contributed by atoms with Crippen molar-refractivity contribution in [1.82, 2.24) is 9.55 Å². The molecule has 0 saturated heterocycles. The standard InChI is InChI=1S/C13H22N2O2/c1-3-5-6-7-8-9-15-10-11(4-2)12(16)14-13(15)17/h10H,3-9H2,1-2H3,(H,14,16,17). The van der Waals surface area contributed by atoms with Crippen molar-refractivity contribution in [1.29, 1.82) is 0 Å². The summed E-state index contributed by atoms with van der Waals surface area (Å²) in [6.45, 7) is 4.80. The maximum atomic E-state index is 11.5. The monoisotopic (exact) mass is 238 g/mol. The van der Waals surface area contributed by atoms with Crippen LogP contribution in [0.3, 0.4) is 0 Å². The molecule has 0 amide bonds. The first-order valence-electron chi connectivity index (χ1n) is 6.51. The van der Waals surface area contributed by atoms with Crippen LogP contribution in [0.5, 0.6) is 0 Å². The van der Waals surface area contributed by atoms with Crippen molar-refractivity contribution in [2.75, 3.05) is 0 Å². The zero-order chi connectivity index (χ0) is 12.7. The molecule has 1 rings (SSSR count). The molecule has 1 heterocycles. The van der Waals surface area contributed by atoms with E-state index in [1.54, 1.807) is 10.8 Å². The fourth-order valence-corrected chi connectivity index (χ4v) is 1.86. The van der Waals surface area contributed by atoms with Gasteiger partial charge >= 0.3 is 5.69 Å². The number of hydrogen-bond acceptors (Lipinski definition) is 2. The first kappa shape index (κ1) is 13.7. The molecular weight excluding hydrogens is 216 g/mol. The Morgan fingerprint density at radius 3 is 2.47 bits per heavy atom. The molecule has 0 bridgehead atoms. The van der Waals surface area contributed by atoms with E-state index in [1.165, 1.54) is 19.3 Å². The lowest BCUT2D eigenvalue weighted by Gasteiger charge is -2.06. The van der Waals surface area contributed by atoms with Gasteiger partial charge in [0.2, 0.25) is 0 Å². The second kappa shape index (κ2) is 7.09. The van der Waals surface area contributed by atoms with Crippen molar-refractivity contribution in [2.24, 2.45) is 0 Å². The van der Waals surface area contributed by atoms with Crippen LogP contribution in [-0.2, 0) is 13.0 Å². The molecule has 1 N–H and O–H groups in total. The number of aromatic amines is 1. The van der Waals surface area contributed by atoms with Crippen LogP contribution in [-0.4, -0.2) is 9.55 Å². The van der Waals surface area contributed by atoms with Crippen molar-refractivity contribution in [3.63, 3.8) is 0 Å². The van der Waals surface area contributed by atoms with Crippen LogP contribution in [0.4, 0.5) is 0 Å². The van der Waals surface area contributed by atoms with Crippen LogP contribution < -0.4 is 11.2 Å². The Labute approximate surface area is 102 Å². The molecule has 0 atom stereocenters. The van der Waals surface area contributed by atoms with E-state index in [0.29, 0.717) is 18.5 Å². The van der Waals surface area contributed by atoms with Gasteiger partial charge < -0.3 is 4.57 Å². The summed E-state index contributed by atoms with van der Waals surface area (Å²) < 4.78 is 1.62. The molecule has 0 aliphatic heterocycles. The molecule has 0 saturated carbocycles. The Morgan fingerprint density at radius 1 is 1.12 bits per heavy atom. The molecule has 96 valence electrons. The molecule has 17 heavy (non-hydrogen) atoms. The fraction of sp³-hybridized carbons (Fsp3) is 0.692. The Bertz CT molecular complexity index is 445. The molecule has 0 spiro atoms. The summed E-state index contributed by atoms with van der Waals surface area (Å²) in [5, 5.41) is 0. The number of H-pyrrole nitrogens is 1. The van der Waals surface area contributed by atoms with Gasteiger partial charge in [0.1, 0.15) is 0 Å². The predicted molar refractivity (Wildman–Crippen MR) is 69.5 cm³/mol. The van der Waals surface area contributed by atoms with Gasteiger partial charge in [0, 0.05) is 18.3 Å². The quantitative estimate of drug-likeness (QED) is 0.739. The molecule has 0 radical (unpaired) electrons. The Morgan fingerprint density at radius 2 is 1.82 bits per heavy atom. The van der Waals surface area contributed by atoms with E-state index in [9.17, 15) is 9.59 Å². The van der Waals surface area contributed by atoms with Crippen LogP contribution in [0.15, 0.2) is 15.8 Å². The van der Waals surface area contributed by atoms with Crippen molar-refractivity contribution in [3.8, 4) is 0 Å². The Hall–Kier alpha value is -1.32. The van der Waals surface area contributed by atoms with Crippen LogP contribution in [0.1, 0.15) is 51.5 Å². The summed E-state index contributed by atoms with van der Waals surface area (Å²) in [5.74, 6) is 0. The zero-order valence-electron chi connectivity index (χ0n) is 10.8. The highest BCUT2D eigenvalue weighted by Crippen LogP contribution is 2.03. The SMILES string of the molecule is CCCCCCCn1cc(CC)c(=O)[nH]c1=O. The minimum atomic E-state index is -0.289. The summed E-state index contributed by atoms with van der Waals surface area (Å²) in [7, 11) is 0. The van der Waals surface area contributed by atoms with Gasteiger partial charge in [0.05, 0.1) is 0 Å². The molecule has 0 unspecified atom stereocenters. The lowest BCUT2D eigenvalue weighted by Crippen LogP contribution is -2.31. The normalized spacial score (nSPS) is 10.7. The number of nitrogens with one attached hydrogen (secondary N) is 1. The predicted octanol–water partition coefficient (Wildman–Crippen LogP) is 2.07. The molecular formula is C13H22N2O2. The summed E-state index contributed by atoms with van der Waals surface area (Å²) in [5.41, 5.74) is 0.139. The minimum absolute atomic E-state index is 0.250. The number of aromatic nitrogens is 2. The summed E-state index contributed by atoms with van der Waals surface area (Å²) >= 11 is 0. The number of rotatable bonds is 7. The maximum absolute atomic E-state index is 11.5. The van der Waals surface area contributed by atoms with E-state index in [-0.39, 0.29) is 11.2 Å². The first-order chi connectivity index (χ1) is 8.19. The van der Waals surface area contributed by atoms with Gasteiger partial charge in [-0.15, -0.1) is 0 Å². The van der Waals surface area contributed by atoms with Gasteiger partial charge in [0.15, 0.2) is 0 Å². The van der Waals surface area contributed by atoms with Gasteiger partial charge in [0.25, 0.3) is 5.56 Å². The third kappa shape index (κ3) is 4.21. The van der Waals surface area contributed by atoms with Crippen LogP contribution in [0, 0.1) is 0 Å². The Balaban J connectivity index is 2.59. The van der Waals surface area contributed by atoms with E-state index in [2.05, 4.69) is 11.9 Å². The lowest BCUT2D eigenvalue weighted by molar-refractivity contribution is 0.547. The number of unbranched alkanes of at least 4 members (excludes halogenated alkanes) is 4. The second-order valence-corrected chi connectivity index (χ2v) is 4.37. The molecule has 4 nitrogen and oxygen atoms in total. The van der Waals surface area contributed by atoms with Gasteiger partial charge in [-0.05, 0) is 12.8 Å². The van der Waals surface area contributed by atoms with E-state index < -0.39 is 0 Å². The van der Waals surface area contributed by atoms with E-state index >= 15 is 0 Å². The molecule has 1 aromatic rings. The highest BCUT2D eigenvalue weighted by atomic mass is 16.2. The van der Waals surface area contributed by atoms with Gasteiger partial charge in [-0.2, -0.15) is 0 Å². The van der Waals surface area contributed by atoms with Crippen molar-refractivity contribution in [3.05, 3.63) is 32.6 Å². The Kier molecular flexibility index (Phi) is 5.73. The van der Waals surface area contributed by atoms with Gasteiger partial charge in [-0.25, -0.2) is 4.79 Å². The van der Waals surface area contributed by atoms with Gasteiger partial charge in [-0.1, -0.05) is 39.5 Å². The molecule has 4 heteroatoms. The third-order valence-electron chi connectivity index (χ3n) is 2.97. The van der Waals surface area contributed by atoms with E-state index in [4.69, 9.17) is 0 Å². The lowest BCUT2D eigenvalue weighted by atomic mass is 10.1. The van der Waals surface area contributed by atoms with Crippen molar-refractivity contribution >= 4 is 0 Å². The number of aryl methyl sites for hydroxylation is 2. The van der Waals surface area contributed by atoms with Gasteiger partial charge in [-0.3, -0.25) is 9.78 Å². The molecule has 0 fully saturated rings. The fourth-order valence-electron chi connectivity index (χ4n) is 1.86. The number of nitrogens with zero attached hydrogens (tertiary/aromatic N) is 1. The highest BCUT2D eigenvalue weighted by Gasteiger charge is 2.02. The number of hydrogen-bond donors (Lipinski definition) is 1. The molecule has 0 aromatic carbocycles. The van der Waals surface area contributed by atoms with Crippen LogP contribution in [0.2, 0.25) is 0 Å². The molecule has 1 aromatic heterocycles. The van der Waals surface area contributed by atoms with Crippen LogP contribution in [0.25, 0.3) is 0 Å².